The number of benzene rings is 1. The third kappa shape index (κ3) is 3.72. The number of ether oxygens (including phenoxy) is 2. The summed E-state index contributed by atoms with van der Waals surface area (Å²) in [5.41, 5.74) is 2.47. The van der Waals surface area contributed by atoms with Crippen LogP contribution in [-0.4, -0.2) is 31.9 Å². The van der Waals surface area contributed by atoms with Crippen LogP contribution in [0.2, 0.25) is 0 Å². The Morgan fingerprint density at radius 3 is 2.59 bits per heavy atom. The fraction of sp³-hybridized carbons (Fsp3) is 0.571. The summed E-state index contributed by atoms with van der Waals surface area (Å²) in [6, 6.07) is 6.99. The second kappa shape index (κ2) is 5.52. The van der Waals surface area contributed by atoms with Crippen LogP contribution in [0.3, 0.4) is 0 Å². The average molecular weight is 235 g/mol. The molecule has 2 atom stereocenters. The fourth-order valence-corrected chi connectivity index (χ4v) is 2.19. The Morgan fingerprint density at radius 1 is 1.24 bits per heavy atom. The standard InChI is InChI=1S/C14H21NO2/c1-10-4-11(2)6-14(5-10)17-9-13-8-16-7-12(3)15-13/h4-6,12-13,15H,7-9H2,1-3H3. The quantitative estimate of drug-likeness (QED) is 0.870. The van der Waals surface area contributed by atoms with Gasteiger partial charge in [-0.25, -0.2) is 0 Å². The third-order valence-corrected chi connectivity index (χ3v) is 2.85. The third-order valence-electron chi connectivity index (χ3n) is 2.85. The Labute approximate surface area is 103 Å². The molecule has 1 aromatic rings. The van der Waals surface area contributed by atoms with Crippen LogP contribution >= 0.6 is 0 Å². The molecule has 94 valence electrons. The summed E-state index contributed by atoms with van der Waals surface area (Å²) in [5, 5.41) is 3.47. The summed E-state index contributed by atoms with van der Waals surface area (Å²) in [5.74, 6) is 0.947. The van der Waals surface area contributed by atoms with Crippen LogP contribution < -0.4 is 10.1 Å². The number of hydrogen-bond acceptors (Lipinski definition) is 3. The van der Waals surface area contributed by atoms with Crippen molar-refractivity contribution in [3.8, 4) is 5.75 Å². The maximum absolute atomic E-state index is 5.81. The van der Waals surface area contributed by atoms with E-state index in [1.807, 2.05) is 0 Å². The van der Waals surface area contributed by atoms with Gasteiger partial charge in [0, 0.05) is 6.04 Å². The van der Waals surface area contributed by atoms with E-state index in [0.29, 0.717) is 18.7 Å². The Hall–Kier alpha value is -1.06. The van der Waals surface area contributed by atoms with Gasteiger partial charge in [-0.05, 0) is 44.0 Å². The van der Waals surface area contributed by atoms with Crippen molar-refractivity contribution in [1.82, 2.24) is 5.32 Å². The zero-order valence-electron chi connectivity index (χ0n) is 10.8. The molecule has 1 aliphatic rings. The summed E-state index contributed by atoms with van der Waals surface area (Å²) in [4.78, 5) is 0. The summed E-state index contributed by atoms with van der Waals surface area (Å²) >= 11 is 0. The van der Waals surface area contributed by atoms with Gasteiger partial charge in [-0.15, -0.1) is 0 Å². The predicted molar refractivity (Wildman–Crippen MR) is 68.6 cm³/mol. The summed E-state index contributed by atoms with van der Waals surface area (Å²) in [6.07, 6.45) is 0. The van der Waals surface area contributed by atoms with E-state index in [4.69, 9.17) is 9.47 Å². The molecule has 0 saturated carbocycles. The molecule has 1 N–H and O–H groups in total. The van der Waals surface area contributed by atoms with Gasteiger partial charge in [0.15, 0.2) is 0 Å². The van der Waals surface area contributed by atoms with E-state index in [-0.39, 0.29) is 0 Å². The summed E-state index contributed by atoms with van der Waals surface area (Å²) < 4.78 is 11.3. The van der Waals surface area contributed by atoms with Gasteiger partial charge >= 0.3 is 0 Å². The minimum Gasteiger partial charge on any atom is -0.492 e. The molecule has 2 rings (SSSR count). The van der Waals surface area contributed by atoms with Crippen molar-refractivity contribution < 1.29 is 9.47 Å². The lowest BCUT2D eigenvalue weighted by atomic mass is 10.1. The second-order valence-corrected chi connectivity index (χ2v) is 4.94. The van der Waals surface area contributed by atoms with Gasteiger partial charge in [0.1, 0.15) is 12.4 Å². The van der Waals surface area contributed by atoms with Crippen molar-refractivity contribution in [3.05, 3.63) is 29.3 Å². The lowest BCUT2D eigenvalue weighted by molar-refractivity contribution is 0.0353. The molecular formula is C14H21NO2. The summed E-state index contributed by atoms with van der Waals surface area (Å²) in [7, 11) is 0. The molecule has 3 nitrogen and oxygen atoms in total. The van der Waals surface area contributed by atoms with Crippen LogP contribution in [0.15, 0.2) is 18.2 Å². The van der Waals surface area contributed by atoms with Crippen molar-refractivity contribution in [2.45, 2.75) is 32.9 Å². The van der Waals surface area contributed by atoms with Crippen LogP contribution in [0, 0.1) is 13.8 Å². The van der Waals surface area contributed by atoms with Crippen molar-refractivity contribution in [2.24, 2.45) is 0 Å². The smallest absolute Gasteiger partial charge is 0.119 e. The highest BCUT2D eigenvalue weighted by molar-refractivity contribution is 5.33. The van der Waals surface area contributed by atoms with Gasteiger partial charge < -0.3 is 14.8 Å². The molecular weight excluding hydrogens is 214 g/mol. The lowest BCUT2D eigenvalue weighted by Crippen LogP contribution is -2.50. The van der Waals surface area contributed by atoms with Crippen LogP contribution in [0.25, 0.3) is 0 Å². The highest BCUT2D eigenvalue weighted by Crippen LogP contribution is 2.16. The van der Waals surface area contributed by atoms with Gasteiger partial charge in [-0.1, -0.05) is 6.07 Å². The molecule has 0 bridgehead atoms. The molecule has 1 fully saturated rings. The average Bonchev–Trinajstić information content (AvgIpc) is 2.25. The van der Waals surface area contributed by atoms with Crippen molar-refractivity contribution >= 4 is 0 Å². The molecule has 1 heterocycles. The molecule has 1 aromatic carbocycles. The minimum absolute atomic E-state index is 0.291. The maximum Gasteiger partial charge on any atom is 0.119 e. The largest absolute Gasteiger partial charge is 0.492 e. The number of morpholine rings is 1. The predicted octanol–water partition coefficient (Wildman–Crippen LogP) is 2.06. The van der Waals surface area contributed by atoms with Crippen LogP contribution in [0.4, 0.5) is 0 Å². The Bertz CT molecular complexity index is 358. The van der Waals surface area contributed by atoms with E-state index in [1.54, 1.807) is 0 Å². The van der Waals surface area contributed by atoms with Gasteiger partial charge in [0.25, 0.3) is 0 Å². The monoisotopic (exact) mass is 235 g/mol. The molecule has 1 saturated heterocycles. The topological polar surface area (TPSA) is 30.5 Å². The van der Waals surface area contributed by atoms with E-state index in [1.165, 1.54) is 11.1 Å². The zero-order chi connectivity index (χ0) is 12.3. The SMILES string of the molecule is Cc1cc(C)cc(OCC2COCC(C)N2)c1. The van der Waals surface area contributed by atoms with Crippen molar-refractivity contribution in [3.63, 3.8) is 0 Å². The minimum atomic E-state index is 0.291. The van der Waals surface area contributed by atoms with E-state index >= 15 is 0 Å². The Morgan fingerprint density at radius 2 is 1.94 bits per heavy atom. The molecule has 0 aliphatic carbocycles. The first-order valence-corrected chi connectivity index (χ1v) is 6.18. The first kappa shape index (κ1) is 12.4. The van der Waals surface area contributed by atoms with E-state index in [9.17, 15) is 0 Å². The van der Waals surface area contributed by atoms with Gasteiger partial charge in [0.2, 0.25) is 0 Å². The highest BCUT2D eigenvalue weighted by atomic mass is 16.5. The molecule has 3 heteroatoms. The molecule has 17 heavy (non-hydrogen) atoms. The van der Waals surface area contributed by atoms with Gasteiger partial charge in [-0.3, -0.25) is 0 Å². The molecule has 0 radical (unpaired) electrons. The van der Waals surface area contributed by atoms with E-state index < -0.39 is 0 Å². The molecule has 1 aliphatic heterocycles. The first-order valence-electron chi connectivity index (χ1n) is 6.18. The zero-order valence-corrected chi connectivity index (χ0v) is 10.8. The maximum atomic E-state index is 5.81. The van der Waals surface area contributed by atoms with Gasteiger partial charge in [0.05, 0.1) is 19.3 Å². The molecule has 2 unspecified atom stereocenters. The van der Waals surface area contributed by atoms with E-state index in [0.717, 1.165) is 19.0 Å². The number of nitrogens with one attached hydrogen (secondary N) is 1. The normalized spacial score (nSPS) is 24.6. The second-order valence-electron chi connectivity index (χ2n) is 4.94. The molecule has 0 spiro atoms. The van der Waals surface area contributed by atoms with Crippen LogP contribution in [0.1, 0.15) is 18.1 Å². The van der Waals surface area contributed by atoms with Crippen LogP contribution in [0.5, 0.6) is 5.75 Å². The number of rotatable bonds is 3. The number of hydrogen-bond donors (Lipinski definition) is 1. The van der Waals surface area contributed by atoms with Crippen molar-refractivity contribution in [2.75, 3.05) is 19.8 Å². The Balaban J connectivity index is 1.88. The fourth-order valence-electron chi connectivity index (χ4n) is 2.19. The Kier molecular flexibility index (Phi) is 4.02. The highest BCUT2D eigenvalue weighted by Gasteiger charge is 2.18. The molecule has 0 aromatic heterocycles. The van der Waals surface area contributed by atoms with E-state index in [2.05, 4.69) is 44.3 Å². The summed E-state index contributed by atoms with van der Waals surface area (Å²) in [6.45, 7) is 8.49. The first-order chi connectivity index (χ1) is 8.13. The molecule has 0 amide bonds. The number of aryl methyl sites for hydroxylation is 2. The van der Waals surface area contributed by atoms with Crippen LogP contribution in [-0.2, 0) is 4.74 Å². The lowest BCUT2D eigenvalue weighted by Gasteiger charge is -2.28. The van der Waals surface area contributed by atoms with Gasteiger partial charge in [-0.2, -0.15) is 0 Å². The van der Waals surface area contributed by atoms with Crippen molar-refractivity contribution in [1.29, 1.82) is 0 Å².